The molecular formula is C22H16N2O3. The number of rotatable bonds is 2. The first-order chi connectivity index (χ1) is 13.0. The van der Waals surface area contributed by atoms with Crippen LogP contribution < -0.4 is 10.6 Å². The van der Waals surface area contributed by atoms with Crippen LogP contribution in [0, 0.1) is 6.92 Å². The number of hydrogen-bond donors (Lipinski definition) is 2. The molecule has 0 saturated heterocycles. The molecule has 3 aromatic carbocycles. The van der Waals surface area contributed by atoms with Gasteiger partial charge in [-0.3, -0.25) is 9.59 Å². The number of nitrogens with one attached hydrogen (secondary N) is 2. The highest BCUT2D eigenvalue weighted by atomic mass is 16.2. The fourth-order valence-electron chi connectivity index (χ4n) is 3.19. The Bertz CT molecular complexity index is 1100. The number of carbonyl (C=O) groups is 3. The normalized spacial score (nSPS) is 12.2. The third-order valence-electron chi connectivity index (χ3n) is 4.46. The summed E-state index contributed by atoms with van der Waals surface area (Å²) < 4.78 is 0. The van der Waals surface area contributed by atoms with Gasteiger partial charge in [-0.1, -0.05) is 36.4 Å². The van der Waals surface area contributed by atoms with Gasteiger partial charge in [0.2, 0.25) is 0 Å². The van der Waals surface area contributed by atoms with Gasteiger partial charge in [-0.2, -0.15) is 0 Å². The van der Waals surface area contributed by atoms with Crippen LogP contribution in [0.15, 0.2) is 66.7 Å². The number of amides is 2. The minimum Gasteiger partial charge on any atom is -0.308 e. The minimum absolute atomic E-state index is 0.184. The molecule has 1 aliphatic rings. The molecule has 27 heavy (non-hydrogen) atoms. The highest BCUT2D eigenvalue weighted by molar-refractivity contribution is 6.28. The van der Waals surface area contributed by atoms with Crippen molar-refractivity contribution in [2.45, 2.75) is 6.92 Å². The number of benzene rings is 3. The molecule has 5 nitrogen and oxygen atoms in total. The largest absolute Gasteiger partial charge is 0.323 e. The standard InChI is InChI=1S/C22H16N2O3/c1-13-5-4-6-14(11-13)23-22(27)24-15-9-10-18-19(12-15)21(26)17-8-3-2-7-16(17)20(18)25/h2-12H,1H3,(H2,23,24,27). The first-order valence-electron chi connectivity index (χ1n) is 8.50. The minimum atomic E-state index is -0.421. The maximum atomic E-state index is 12.7. The van der Waals surface area contributed by atoms with E-state index in [9.17, 15) is 14.4 Å². The molecule has 0 saturated carbocycles. The maximum absolute atomic E-state index is 12.7. The average Bonchev–Trinajstić information content (AvgIpc) is 2.66. The zero-order valence-electron chi connectivity index (χ0n) is 14.6. The molecule has 0 radical (unpaired) electrons. The average molecular weight is 356 g/mol. The first-order valence-corrected chi connectivity index (χ1v) is 8.50. The second-order valence-electron chi connectivity index (χ2n) is 6.41. The Labute approximate surface area is 156 Å². The van der Waals surface area contributed by atoms with Gasteiger partial charge in [0.15, 0.2) is 11.6 Å². The van der Waals surface area contributed by atoms with Crippen LogP contribution in [0.4, 0.5) is 16.2 Å². The predicted octanol–water partition coefficient (Wildman–Crippen LogP) is 4.41. The lowest BCUT2D eigenvalue weighted by Crippen LogP contribution is -2.23. The van der Waals surface area contributed by atoms with E-state index in [2.05, 4.69) is 10.6 Å². The van der Waals surface area contributed by atoms with Gasteiger partial charge in [0.05, 0.1) is 0 Å². The number of carbonyl (C=O) groups excluding carboxylic acids is 3. The number of hydrogen-bond acceptors (Lipinski definition) is 3. The van der Waals surface area contributed by atoms with Gasteiger partial charge in [0.1, 0.15) is 0 Å². The van der Waals surface area contributed by atoms with E-state index in [1.165, 1.54) is 0 Å². The second kappa shape index (κ2) is 6.53. The Balaban J connectivity index is 1.59. The lowest BCUT2D eigenvalue weighted by atomic mass is 9.84. The summed E-state index contributed by atoms with van der Waals surface area (Å²) in [5, 5.41) is 5.45. The SMILES string of the molecule is Cc1cccc(NC(=O)Nc2ccc3c(c2)C(=O)c2ccccc2C3=O)c1. The lowest BCUT2D eigenvalue weighted by Gasteiger charge is -2.18. The highest BCUT2D eigenvalue weighted by Crippen LogP contribution is 2.29. The summed E-state index contributed by atoms with van der Waals surface area (Å²) in [6.45, 7) is 1.94. The summed E-state index contributed by atoms with van der Waals surface area (Å²) in [5.41, 5.74) is 3.59. The molecule has 5 heteroatoms. The molecule has 1 aliphatic carbocycles. The number of aryl methyl sites for hydroxylation is 1. The van der Waals surface area contributed by atoms with Gasteiger partial charge >= 0.3 is 6.03 Å². The van der Waals surface area contributed by atoms with Crippen molar-refractivity contribution in [3.63, 3.8) is 0 Å². The molecule has 0 atom stereocenters. The topological polar surface area (TPSA) is 75.3 Å². The summed E-state index contributed by atoms with van der Waals surface area (Å²) in [5.74, 6) is -0.404. The molecule has 0 bridgehead atoms. The van der Waals surface area contributed by atoms with Crippen LogP contribution in [-0.4, -0.2) is 17.6 Å². The van der Waals surface area contributed by atoms with Crippen molar-refractivity contribution in [2.75, 3.05) is 10.6 Å². The molecule has 4 rings (SSSR count). The van der Waals surface area contributed by atoms with Crippen molar-refractivity contribution in [3.8, 4) is 0 Å². The molecule has 0 fully saturated rings. The van der Waals surface area contributed by atoms with Crippen molar-refractivity contribution in [2.24, 2.45) is 0 Å². The Morgan fingerprint density at radius 2 is 1.26 bits per heavy atom. The van der Waals surface area contributed by atoms with E-state index in [1.807, 2.05) is 25.1 Å². The summed E-state index contributed by atoms with van der Waals surface area (Å²) in [6, 6.07) is 18.5. The van der Waals surface area contributed by atoms with Gasteiger partial charge < -0.3 is 10.6 Å². The van der Waals surface area contributed by atoms with Crippen molar-refractivity contribution in [3.05, 3.63) is 94.5 Å². The molecule has 0 aliphatic heterocycles. The zero-order chi connectivity index (χ0) is 19.0. The fourth-order valence-corrected chi connectivity index (χ4v) is 3.19. The zero-order valence-corrected chi connectivity index (χ0v) is 14.6. The molecule has 0 unspecified atom stereocenters. The molecule has 0 spiro atoms. The van der Waals surface area contributed by atoms with Crippen molar-refractivity contribution in [1.29, 1.82) is 0 Å². The second-order valence-corrected chi connectivity index (χ2v) is 6.41. The van der Waals surface area contributed by atoms with Crippen LogP contribution in [0.5, 0.6) is 0 Å². The van der Waals surface area contributed by atoms with Crippen molar-refractivity contribution < 1.29 is 14.4 Å². The monoisotopic (exact) mass is 356 g/mol. The van der Waals surface area contributed by atoms with Crippen LogP contribution >= 0.6 is 0 Å². The smallest absolute Gasteiger partial charge is 0.308 e. The Hall–Kier alpha value is -3.73. The van der Waals surface area contributed by atoms with Gasteiger partial charge in [0, 0.05) is 33.6 Å². The molecule has 2 N–H and O–H groups in total. The van der Waals surface area contributed by atoms with Gasteiger partial charge in [-0.25, -0.2) is 4.79 Å². The predicted molar refractivity (Wildman–Crippen MR) is 104 cm³/mol. The number of ketones is 2. The van der Waals surface area contributed by atoms with Crippen LogP contribution in [0.3, 0.4) is 0 Å². The summed E-state index contributed by atoms with van der Waals surface area (Å²) in [4.78, 5) is 37.6. The summed E-state index contributed by atoms with van der Waals surface area (Å²) >= 11 is 0. The third kappa shape index (κ3) is 3.11. The van der Waals surface area contributed by atoms with E-state index >= 15 is 0 Å². The van der Waals surface area contributed by atoms with E-state index < -0.39 is 6.03 Å². The summed E-state index contributed by atoms with van der Waals surface area (Å²) in [6.07, 6.45) is 0. The first kappa shape index (κ1) is 16.7. The fraction of sp³-hybridized carbons (Fsp3) is 0.0455. The van der Waals surface area contributed by atoms with Crippen LogP contribution in [0.2, 0.25) is 0 Å². The quantitative estimate of drug-likeness (QED) is 0.558. The highest BCUT2D eigenvalue weighted by Gasteiger charge is 2.29. The molecule has 0 heterocycles. The van der Waals surface area contributed by atoms with E-state index in [0.29, 0.717) is 33.6 Å². The third-order valence-corrected chi connectivity index (χ3v) is 4.46. The number of fused-ring (bicyclic) bond motifs is 2. The maximum Gasteiger partial charge on any atom is 0.323 e. The van der Waals surface area contributed by atoms with Crippen LogP contribution in [0.25, 0.3) is 0 Å². The van der Waals surface area contributed by atoms with E-state index in [1.54, 1.807) is 48.5 Å². The van der Waals surface area contributed by atoms with Crippen LogP contribution in [0.1, 0.15) is 37.4 Å². The Morgan fingerprint density at radius 1 is 0.667 bits per heavy atom. The summed E-state index contributed by atoms with van der Waals surface area (Å²) in [7, 11) is 0. The lowest BCUT2D eigenvalue weighted by molar-refractivity contribution is 0.0979. The Kier molecular flexibility index (Phi) is 4.05. The molecule has 3 aromatic rings. The molecule has 132 valence electrons. The molecule has 0 aromatic heterocycles. The van der Waals surface area contributed by atoms with E-state index in [0.717, 1.165) is 5.56 Å². The van der Waals surface area contributed by atoms with E-state index in [-0.39, 0.29) is 11.6 Å². The number of anilines is 2. The van der Waals surface area contributed by atoms with E-state index in [4.69, 9.17) is 0 Å². The van der Waals surface area contributed by atoms with Crippen LogP contribution in [-0.2, 0) is 0 Å². The van der Waals surface area contributed by atoms with Crippen molar-refractivity contribution >= 4 is 29.0 Å². The number of urea groups is 1. The Morgan fingerprint density at radius 3 is 1.93 bits per heavy atom. The van der Waals surface area contributed by atoms with Crippen molar-refractivity contribution in [1.82, 2.24) is 0 Å². The van der Waals surface area contributed by atoms with Gasteiger partial charge in [-0.15, -0.1) is 0 Å². The molecular weight excluding hydrogens is 340 g/mol. The van der Waals surface area contributed by atoms with Gasteiger partial charge in [-0.05, 0) is 42.8 Å². The molecule has 2 amide bonds. The van der Waals surface area contributed by atoms with Gasteiger partial charge in [0.25, 0.3) is 0 Å².